The van der Waals surface area contributed by atoms with Crippen LogP contribution in [0, 0.1) is 0 Å². The van der Waals surface area contributed by atoms with Gasteiger partial charge in [0.25, 0.3) is 6.43 Å². The second-order valence-corrected chi connectivity index (χ2v) is 8.26. The van der Waals surface area contributed by atoms with Crippen LogP contribution in [0.2, 0.25) is 5.28 Å². The molecule has 1 aromatic carbocycles. The maximum atomic E-state index is 13.0. The van der Waals surface area contributed by atoms with Gasteiger partial charge in [-0.1, -0.05) is 12.1 Å². The van der Waals surface area contributed by atoms with Crippen LogP contribution in [-0.4, -0.2) is 23.3 Å². The van der Waals surface area contributed by atoms with Crippen LogP contribution in [0.15, 0.2) is 30.5 Å². The SMILES string of the molecule is CP(C)(=O)c1ccccc1Nc1nc(Cl)ncc1C(F)F. The zero-order valence-electron chi connectivity index (χ0n) is 11.3. The second kappa shape index (κ2) is 6.08. The van der Waals surface area contributed by atoms with Crippen molar-refractivity contribution in [1.82, 2.24) is 9.97 Å². The molecule has 0 amide bonds. The standard InChI is InChI=1S/C13H13ClF2N3OP/c1-21(2,20)10-6-4-3-5-9(10)18-12-8(11(15)16)7-17-13(14)19-12/h3-7,11H,1-2H3,(H,17,18,19). The molecule has 2 rings (SSSR count). The molecule has 1 heterocycles. The number of hydrogen-bond acceptors (Lipinski definition) is 4. The van der Waals surface area contributed by atoms with Crippen LogP contribution in [0.4, 0.5) is 20.3 Å². The molecule has 1 N–H and O–H groups in total. The molecular weight excluding hydrogens is 319 g/mol. The number of aromatic nitrogens is 2. The van der Waals surface area contributed by atoms with E-state index in [0.29, 0.717) is 11.0 Å². The molecule has 2 aromatic rings. The monoisotopic (exact) mass is 331 g/mol. The third-order valence-corrected chi connectivity index (χ3v) is 4.49. The first-order valence-corrected chi connectivity index (χ1v) is 8.99. The minimum absolute atomic E-state index is 0.0918. The van der Waals surface area contributed by atoms with Crippen LogP contribution in [0.1, 0.15) is 12.0 Å². The maximum Gasteiger partial charge on any atom is 0.268 e. The molecule has 1 aromatic heterocycles. The van der Waals surface area contributed by atoms with Gasteiger partial charge in [-0.25, -0.2) is 13.8 Å². The number of para-hydroxylation sites is 1. The van der Waals surface area contributed by atoms with Gasteiger partial charge in [0.15, 0.2) is 0 Å². The summed E-state index contributed by atoms with van der Waals surface area (Å²) in [4.78, 5) is 7.34. The molecule has 8 heteroatoms. The van der Waals surface area contributed by atoms with Crippen molar-refractivity contribution in [3.8, 4) is 0 Å². The summed E-state index contributed by atoms with van der Waals surface area (Å²) >= 11 is 5.66. The molecule has 0 spiro atoms. The summed E-state index contributed by atoms with van der Waals surface area (Å²) in [5.74, 6) is -0.0918. The molecule has 0 saturated heterocycles. The van der Waals surface area contributed by atoms with Crippen molar-refractivity contribution >= 4 is 35.6 Å². The first-order valence-electron chi connectivity index (χ1n) is 6.01. The summed E-state index contributed by atoms with van der Waals surface area (Å²) < 4.78 is 38.2. The topological polar surface area (TPSA) is 54.9 Å². The van der Waals surface area contributed by atoms with Crippen molar-refractivity contribution in [1.29, 1.82) is 0 Å². The fraction of sp³-hybridized carbons (Fsp3) is 0.231. The van der Waals surface area contributed by atoms with E-state index in [1.54, 1.807) is 37.6 Å². The predicted molar refractivity (Wildman–Crippen MR) is 80.8 cm³/mol. The molecular formula is C13H13ClF2N3OP. The van der Waals surface area contributed by atoms with Gasteiger partial charge in [-0.05, 0) is 37.1 Å². The summed E-state index contributed by atoms with van der Waals surface area (Å²) in [6.45, 7) is 3.21. The highest BCUT2D eigenvalue weighted by Gasteiger charge is 2.20. The normalized spacial score (nSPS) is 11.7. The third kappa shape index (κ3) is 3.77. The number of alkyl halides is 2. The van der Waals surface area contributed by atoms with Crippen LogP contribution in [0.3, 0.4) is 0 Å². The van der Waals surface area contributed by atoms with Gasteiger partial charge in [0.1, 0.15) is 13.0 Å². The molecule has 112 valence electrons. The van der Waals surface area contributed by atoms with Crippen LogP contribution >= 0.6 is 18.7 Å². The lowest BCUT2D eigenvalue weighted by molar-refractivity contribution is 0.151. The number of benzene rings is 1. The first-order chi connectivity index (χ1) is 9.79. The van der Waals surface area contributed by atoms with Crippen molar-refractivity contribution in [3.05, 3.63) is 41.3 Å². The Morgan fingerprint density at radius 1 is 1.29 bits per heavy atom. The second-order valence-electron chi connectivity index (χ2n) is 4.74. The van der Waals surface area contributed by atoms with Gasteiger partial charge in [0, 0.05) is 11.5 Å². The Kier molecular flexibility index (Phi) is 4.59. The number of rotatable bonds is 4. The van der Waals surface area contributed by atoms with E-state index in [1.165, 1.54) is 0 Å². The Balaban J connectivity index is 2.49. The van der Waals surface area contributed by atoms with Crippen LogP contribution < -0.4 is 10.6 Å². The minimum atomic E-state index is -2.74. The van der Waals surface area contributed by atoms with E-state index in [1.807, 2.05) is 0 Å². The molecule has 0 saturated carbocycles. The quantitative estimate of drug-likeness (QED) is 0.678. The van der Waals surface area contributed by atoms with E-state index in [9.17, 15) is 13.3 Å². The smallest absolute Gasteiger partial charge is 0.268 e. The number of anilines is 2. The van der Waals surface area contributed by atoms with E-state index < -0.39 is 13.6 Å². The molecule has 0 aliphatic heterocycles. The molecule has 0 atom stereocenters. The van der Waals surface area contributed by atoms with E-state index in [-0.39, 0.29) is 16.7 Å². The van der Waals surface area contributed by atoms with Crippen LogP contribution in [0.5, 0.6) is 0 Å². The van der Waals surface area contributed by atoms with Gasteiger partial charge in [-0.15, -0.1) is 0 Å². The largest absolute Gasteiger partial charge is 0.339 e. The van der Waals surface area contributed by atoms with Crippen molar-refractivity contribution in [2.75, 3.05) is 18.6 Å². The van der Waals surface area contributed by atoms with Gasteiger partial charge in [0.2, 0.25) is 5.28 Å². The van der Waals surface area contributed by atoms with Crippen LogP contribution in [-0.2, 0) is 4.57 Å². The van der Waals surface area contributed by atoms with Crippen molar-refractivity contribution in [2.45, 2.75) is 6.43 Å². The highest BCUT2D eigenvalue weighted by atomic mass is 35.5. The van der Waals surface area contributed by atoms with Gasteiger partial charge < -0.3 is 9.88 Å². The lowest BCUT2D eigenvalue weighted by Crippen LogP contribution is -2.11. The minimum Gasteiger partial charge on any atom is -0.339 e. The molecule has 0 unspecified atom stereocenters. The van der Waals surface area contributed by atoms with E-state index >= 15 is 0 Å². The number of nitrogens with one attached hydrogen (secondary N) is 1. The van der Waals surface area contributed by atoms with Crippen molar-refractivity contribution in [2.24, 2.45) is 0 Å². The van der Waals surface area contributed by atoms with E-state index in [4.69, 9.17) is 11.6 Å². The highest BCUT2D eigenvalue weighted by molar-refractivity contribution is 7.70. The highest BCUT2D eigenvalue weighted by Crippen LogP contribution is 2.38. The number of nitrogens with zero attached hydrogens (tertiary/aromatic N) is 2. The Morgan fingerprint density at radius 3 is 2.57 bits per heavy atom. The molecule has 0 aliphatic rings. The average molecular weight is 332 g/mol. The van der Waals surface area contributed by atoms with Gasteiger partial charge in [0.05, 0.1) is 11.3 Å². The van der Waals surface area contributed by atoms with Crippen molar-refractivity contribution in [3.63, 3.8) is 0 Å². The average Bonchev–Trinajstić information content (AvgIpc) is 2.37. The summed E-state index contributed by atoms with van der Waals surface area (Å²) in [6.07, 6.45) is -1.77. The first kappa shape index (κ1) is 15.9. The lowest BCUT2D eigenvalue weighted by Gasteiger charge is -2.16. The maximum absolute atomic E-state index is 13.0. The molecule has 0 aliphatic carbocycles. The summed E-state index contributed by atoms with van der Waals surface area (Å²) in [5, 5.41) is 3.19. The lowest BCUT2D eigenvalue weighted by atomic mass is 10.3. The number of hydrogen-bond donors (Lipinski definition) is 1. The molecule has 0 radical (unpaired) electrons. The summed E-state index contributed by atoms with van der Waals surface area (Å²) in [6, 6.07) is 6.79. The van der Waals surface area contributed by atoms with Gasteiger partial charge in [-0.3, -0.25) is 0 Å². The Bertz CT molecular complexity index is 706. The van der Waals surface area contributed by atoms with Gasteiger partial charge >= 0.3 is 0 Å². The third-order valence-electron chi connectivity index (χ3n) is 2.76. The van der Waals surface area contributed by atoms with Crippen LogP contribution in [0.25, 0.3) is 0 Å². The van der Waals surface area contributed by atoms with E-state index in [2.05, 4.69) is 15.3 Å². The Labute approximate surface area is 125 Å². The fourth-order valence-corrected chi connectivity index (χ4v) is 3.09. The summed E-state index contributed by atoms with van der Waals surface area (Å²) in [5.41, 5.74) is 0.0961. The molecule has 0 fully saturated rings. The molecule has 0 bridgehead atoms. The zero-order chi connectivity index (χ0) is 15.6. The predicted octanol–water partition coefficient (Wildman–Crippen LogP) is 4.06. The van der Waals surface area contributed by atoms with E-state index in [0.717, 1.165) is 6.20 Å². The van der Waals surface area contributed by atoms with Gasteiger partial charge in [-0.2, -0.15) is 4.98 Å². The zero-order valence-corrected chi connectivity index (χ0v) is 13.0. The summed E-state index contributed by atoms with van der Waals surface area (Å²) in [7, 11) is -2.57. The fourth-order valence-electron chi connectivity index (χ4n) is 1.81. The van der Waals surface area contributed by atoms with Crippen molar-refractivity contribution < 1.29 is 13.3 Å². The molecule has 21 heavy (non-hydrogen) atoms. The Morgan fingerprint density at radius 2 is 1.95 bits per heavy atom. The number of halogens is 3. The Hall–Kier alpha value is -1.52. The molecule has 4 nitrogen and oxygen atoms in total.